The molecule has 1 fully saturated rings. The van der Waals surface area contributed by atoms with E-state index < -0.39 is 0 Å². The van der Waals surface area contributed by atoms with Crippen LogP contribution in [0.25, 0.3) is 0 Å². The third kappa shape index (κ3) is 2.76. The Bertz CT molecular complexity index is 531. The zero-order valence-electron chi connectivity index (χ0n) is 12.3. The molecule has 0 unspecified atom stereocenters. The normalized spacial score (nSPS) is 18.3. The largest absolute Gasteiger partial charge is 0.496 e. The monoisotopic (exact) mass is 276 g/mol. The van der Waals surface area contributed by atoms with Gasteiger partial charge in [0.25, 0.3) is 0 Å². The second-order valence-electron chi connectivity index (χ2n) is 5.31. The quantitative estimate of drug-likeness (QED) is 0.914. The van der Waals surface area contributed by atoms with Crippen LogP contribution in [0.2, 0.25) is 0 Å². The summed E-state index contributed by atoms with van der Waals surface area (Å²) in [5.41, 5.74) is 2.69. The lowest BCUT2D eigenvalue weighted by Crippen LogP contribution is -2.25. The number of amides is 2. The predicted octanol–water partition coefficient (Wildman–Crippen LogP) is 1.73. The first-order valence-electron chi connectivity index (χ1n) is 6.62. The van der Waals surface area contributed by atoms with Gasteiger partial charge in [-0.05, 0) is 37.1 Å². The maximum atomic E-state index is 12.2. The summed E-state index contributed by atoms with van der Waals surface area (Å²) in [6.07, 6.45) is 0.288. The Labute approximate surface area is 118 Å². The van der Waals surface area contributed by atoms with Gasteiger partial charge in [-0.2, -0.15) is 0 Å². The maximum Gasteiger partial charge on any atom is 0.229 e. The van der Waals surface area contributed by atoms with E-state index in [9.17, 15) is 9.59 Å². The lowest BCUT2D eigenvalue weighted by atomic mass is 10.1. The molecule has 0 bridgehead atoms. The Kier molecular flexibility index (Phi) is 3.97. The van der Waals surface area contributed by atoms with Crippen molar-refractivity contribution in [3.05, 3.63) is 23.3 Å². The number of anilines is 1. The third-order valence-electron chi connectivity index (χ3n) is 3.64. The number of carbonyl (C=O) groups is 2. The molecule has 1 N–H and O–H groups in total. The van der Waals surface area contributed by atoms with Crippen LogP contribution in [-0.4, -0.2) is 37.4 Å². The van der Waals surface area contributed by atoms with Crippen LogP contribution in [-0.2, 0) is 9.59 Å². The minimum Gasteiger partial charge on any atom is -0.496 e. The van der Waals surface area contributed by atoms with Crippen molar-refractivity contribution in [1.82, 2.24) is 4.90 Å². The van der Waals surface area contributed by atoms with Crippen molar-refractivity contribution in [2.75, 3.05) is 26.0 Å². The minimum absolute atomic E-state index is 0.0206. The lowest BCUT2D eigenvalue weighted by molar-refractivity contribution is -0.127. The van der Waals surface area contributed by atoms with Crippen molar-refractivity contribution in [1.29, 1.82) is 0 Å². The van der Waals surface area contributed by atoms with E-state index >= 15 is 0 Å². The van der Waals surface area contributed by atoms with E-state index in [1.165, 1.54) is 0 Å². The zero-order chi connectivity index (χ0) is 14.9. The van der Waals surface area contributed by atoms with Crippen LogP contribution in [0.1, 0.15) is 17.5 Å². The van der Waals surface area contributed by atoms with E-state index in [0.29, 0.717) is 6.54 Å². The summed E-state index contributed by atoms with van der Waals surface area (Å²) in [5, 5.41) is 2.88. The smallest absolute Gasteiger partial charge is 0.229 e. The first-order valence-corrected chi connectivity index (χ1v) is 6.62. The molecular formula is C15H20N2O3. The SMILES string of the molecule is COc1c(C)cc(NC(=O)[C@@H]2CC(=O)N(C)C2)cc1C. The number of rotatable bonds is 3. The Hall–Kier alpha value is -2.04. The highest BCUT2D eigenvalue weighted by atomic mass is 16.5. The van der Waals surface area contributed by atoms with Gasteiger partial charge >= 0.3 is 0 Å². The van der Waals surface area contributed by atoms with Gasteiger partial charge in [-0.1, -0.05) is 0 Å². The van der Waals surface area contributed by atoms with Gasteiger partial charge < -0.3 is 15.0 Å². The second-order valence-corrected chi connectivity index (χ2v) is 5.31. The molecule has 1 atom stereocenters. The van der Waals surface area contributed by atoms with Gasteiger partial charge in [-0.3, -0.25) is 9.59 Å². The van der Waals surface area contributed by atoms with Gasteiger partial charge in [0.2, 0.25) is 11.8 Å². The Morgan fingerprint density at radius 3 is 2.40 bits per heavy atom. The highest BCUT2D eigenvalue weighted by Gasteiger charge is 2.32. The zero-order valence-corrected chi connectivity index (χ0v) is 12.3. The standard InChI is InChI=1S/C15H20N2O3/c1-9-5-12(6-10(2)14(9)20-4)16-15(19)11-7-13(18)17(3)8-11/h5-6,11H,7-8H2,1-4H3,(H,16,19)/t11-/m1/s1. The number of likely N-dealkylation sites (tertiary alicyclic amines) is 1. The number of hydrogen-bond acceptors (Lipinski definition) is 3. The number of methoxy groups -OCH3 is 1. The van der Waals surface area contributed by atoms with Crippen LogP contribution in [0.4, 0.5) is 5.69 Å². The van der Waals surface area contributed by atoms with Crippen molar-refractivity contribution < 1.29 is 14.3 Å². The van der Waals surface area contributed by atoms with E-state index in [-0.39, 0.29) is 24.2 Å². The molecule has 1 aromatic carbocycles. The van der Waals surface area contributed by atoms with Gasteiger partial charge in [0.15, 0.2) is 0 Å². The number of nitrogens with one attached hydrogen (secondary N) is 1. The number of benzene rings is 1. The molecular weight excluding hydrogens is 256 g/mol. The number of ether oxygens (including phenoxy) is 1. The molecule has 108 valence electrons. The van der Waals surface area contributed by atoms with E-state index in [0.717, 1.165) is 22.6 Å². The average Bonchev–Trinajstić information content (AvgIpc) is 2.69. The van der Waals surface area contributed by atoms with Crippen LogP contribution in [0.15, 0.2) is 12.1 Å². The molecule has 5 heteroatoms. The van der Waals surface area contributed by atoms with Crippen LogP contribution < -0.4 is 10.1 Å². The minimum atomic E-state index is -0.268. The van der Waals surface area contributed by atoms with Gasteiger partial charge in [0.1, 0.15) is 5.75 Å². The number of aryl methyl sites for hydroxylation is 2. The highest BCUT2D eigenvalue weighted by Crippen LogP contribution is 2.27. The molecule has 1 saturated heterocycles. The molecule has 1 heterocycles. The molecule has 20 heavy (non-hydrogen) atoms. The predicted molar refractivity (Wildman–Crippen MR) is 76.8 cm³/mol. The summed E-state index contributed by atoms with van der Waals surface area (Å²) in [5.74, 6) is 0.480. The van der Waals surface area contributed by atoms with Crippen molar-refractivity contribution in [3.8, 4) is 5.75 Å². The average molecular weight is 276 g/mol. The van der Waals surface area contributed by atoms with Gasteiger partial charge in [0, 0.05) is 25.7 Å². The molecule has 0 spiro atoms. The summed E-state index contributed by atoms with van der Waals surface area (Å²) in [7, 11) is 3.35. The molecule has 0 saturated carbocycles. The van der Waals surface area contributed by atoms with Crippen LogP contribution >= 0.6 is 0 Å². The van der Waals surface area contributed by atoms with Crippen LogP contribution in [0.3, 0.4) is 0 Å². The Morgan fingerprint density at radius 2 is 1.95 bits per heavy atom. The second kappa shape index (κ2) is 5.53. The lowest BCUT2D eigenvalue weighted by Gasteiger charge is -2.14. The van der Waals surface area contributed by atoms with Gasteiger partial charge in [0.05, 0.1) is 13.0 Å². The first kappa shape index (κ1) is 14.4. The molecule has 2 rings (SSSR count). The number of nitrogens with zero attached hydrogens (tertiary/aromatic N) is 1. The van der Waals surface area contributed by atoms with Gasteiger partial charge in [-0.25, -0.2) is 0 Å². The van der Waals surface area contributed by atoms with E-state index in [4.69, 9.17) is 4.74 Å². The number of hydrogen-bond donors (Lipinski definition) is 1. The fourth-order valence-corrected chi connectivity index (χ4v) is 2.63. The third-order valence-corrected chi connectivity index (χ3v) is 3.64. The molecule has 2 amide bonds. The van der Waals surface area contributed by atoms with Gasteiger partial charge in [-0.15, -0.1) is 0 Å². The van der Waals surface area contributed by atoms with Crippen LogP contribution in [0, 0.1) is 19.8 Å². The molecule has 1 aromatic rings. The molecule has 1 aliphatic heterocycles. The fourth-order valence-electron chi connectivity index (χ4n) is 2.63. The topological polar surface area (TPSA) is 58.6 Å². The molecule has 1 aliphatic rings. The number of carbonyl (C=O) groups excluding carboxylic acids is 2. The maximum absolute atomic E-state index is 12.2. The molecule has 0 aliphatic carbocycles. The summed E-state index contributed by atoms with van der Waals surface area (Å²) in [4.78, 5) is 25.2. The van der Waals surface area contributed by atoms with Crippen molar-refractivity contribution >= 4 is 17.5 Å². The van der Waals surface area contributed by atoms with Crippen molar-refractivity contribution in [2.45, 2.75) is 20.3 Å². The summed E-state index contributed by atoms with van der Waals surface area (Å²) < 4.78 is 5.30. The molecule has 5 nitrogen and oxygen atoms in total. The molecule has 0 radical (unpaired) electrons. The van der Waals surface area contributed by atoms with Crippen molar-refractivity contribution in [2.24, 2.45) is 5.92 Å². The Balaban J connectivity index is 2.11. The molecule has 0 aromatic heterocycles. The Morgan fingerprint density at radius 1 is 1.35 bits per heavy atom. The summed E-state index contributed by atoms with van der Waals surface area (Å²) in [6, 6.07) is 3.76. The van der Waals surface area contributed by atoms with E-state index in [2.05, 4.69) is 5.32 Å². The van der Waals surface area contributed by atoms with E-state index in [1.807, 2.05) is 26.0 Å². The van der Waals surface area contributed by atoms with E-state index in [1.54, 1.807) is 19.1 Å². The fraction of sp³-hybridized carbons (Fsp3) is 0.467. The van der Waals surface area contributed by atoms with Crippen molar-refractivity contribution in [3.63, 3.8) is 0 Å². The van der Waals surface area contributed by atoms with Crippen LogP contribution in [0.5, 0.6) is 5.75 Å². The summed E-state index contributed by atoms with van der Waals surface area (Å²) in [6.45, 7) is 4.36. The summed E-state index contributed by atoms with van der Waals surface area (Å²) >= 11 is 0. The highest BCUT2D eigenvalue weighted by molar-refractivity contribution is 5.97. The first-order chi connectivity index (χ1) is 9.42.